The molecular formula is C29H45N5O2S. The number of nitrogens with zero attached hydrogens (tertiary/aromatic N) is 4. The van der Waals surface area contributed by atoms with Crippen LogP contribution in [-0.4, -0.2) is 56.8 Å². The number of carbonyl (C=O) groups excluding carboxylic acids is 2. The molecule has 2 aliphatic heterocycles. The smallest absolute Gasteiger partial charge is 0.225 e. The van der Waals surface area contributed by atoms with E-state index in [0.29, 0.717) is 18.6 Å². The van der Waals surface area contributed by atoms with Gasteiger partial charge in [0.2, 0.25) is 11.8 Å². The fraction of sp³-hybridized carbons (Fsp3) is 0.690. The van der Waals surface area contributed by atoms with Crippen LogP contribution in [0.4, 0.5) is 0 Å². The topological polar surface area (TPSA) is 70.5 Å². The molecule has 2 aromatic heterocycles. The first-order valence-electron chi connectivity index (χ1n) is 14.1. The van der Waals surface area contributed by atoms with Gasteiger partial charge >= 0.3 is 0 Å². The van der Waals surface area contributed by atoms with Gasteiger partial charge in [0, 0.05) is 55.0 Å². The van der Waals surface area contributed by atoms with Crippen molar-refractivity contribution in [2.75, 3.05) is 19.6 Å². The van der Waals surface area contributed by atoms with Crippen molar-refractivity contribution in [2.45, 2.75) is 105 Å². The molecule has 1 saturated heterocycles. The number of amides is 2. The summed E-state index contributed by atoms with van der Waals surface area (Å²) in [5, 5.41) is 5.35. The highest BCUT2D eigenvalue weighted by atomic mass is 32.1. The second kappa shape index (κ2) is 12.1. The van der Waals surface area contributed by atoms with Crippen molar-refractivity contribution in [1.29, 1.82) is 0 Å². The van der Waals surface area contributed by atoms with Gasteiger partial charge in [-0.05, 0) is 69.5 Å². The van der Waals surface area contributed by atoms with Crippen molar-refractivity contribution in [1.82, 2.24) is 24.7 Å². The minimum atomic E-state index is 0.0237. The number of fused-ring (bicyclic) bond motifs is 1. The van der Waals surface area contributed by atoms with Gasteiger partial charge in [-0.25, -0.2) is 4.98 Å². The van der Waals surface area contributed by atoms with Crippen LogP contribution in [0.2, 0.25) is 0 Å². The SMILES string of the molecule is CCC(CC1CCCN1CCC(NC(C)=O)c1cc(C)cs1)n1c(C)nc2c1CCN(C(=O)C(C)C)C2. The van der Waals surface area contributed by atoms with E-state index in [9.17, 15) is 9.59 Å². The number of hydrogen-bond acceptors (Lipinski definition) is 5. The lowest BCUT2D eigenvalue weighted by atomic mass is 10.0. The minimum absolute atomic E-state index is 0.0237. The maximum Gasteiger partial charge on any atom is 0.225 e. The van der Waals surface area contributed by atoms with E-state index >= 15 is 0 Å². The number of likely N-dealkylation sites (tertiary alicyclic amines) is 1. The summed E-state index contributed by atoms with van der Waals surface area (Å²) in [6.07, 6.45) is 6.48. The summed E-state index contributed by atoms with van der Waals surface area (Å²) in [5.74, 6) is 1.37. The number of imidazole rings is 1. The number of aryl methyl sites for hydroxylation is 2. The molecule has 0 aromatic carbocycles. The molecule has 3 unspecified atom stereocenters. The Hall–Kier alpha value is -2.19. The highest BCUT2D eigenvalue weighted by Crippen LogP contribution is 2.33. The molecule has 1 N–H and O–H groups in total. The zero-order valence-electron chi connectivity index (χ0n) is 23.5. The summed E-state index contributed by atoms with van der Waals surface area (Å²) in [6.45, 7) is 15.6. The second-order valence-corrected chi connectivity index (χ2v) is 12.2. The molecule has 7 nitrogen and oxygen atoms in total. The molecule has 4 rings (SSSR count). The van der Waals surface area contributed by atoms with Crippen LogP contribution >= 0.6 is 11.3 Å². The Balaban J connectivity index is 1.43. The van der Waals surface area contributed by atoms with Crippen LogP contribution in [0.15, 0.2) is 11.4 Å². The van der Waals surface area contributed by atoms with Gasteiger partial charge < -0.3 is 19.7 Å². The average molecular weight is 528 g/mol. The minimum Gasteiger partial charge on any atom is -0.349 e. The van der Waals surface area contributed by atoms with E-state index in [4.69, 9.17) is 4.98 Å². The van der Waals surface area contributed by atoms with Crippen LogP contribution in [0.25, 0.3) is 0 Å². The summed E-state index contributed by atoms with van der Waals surface area (Å²) < 4.78 is 2.50. The lowest BCUT2D eigenvalue weighted by molar-refractivity contribution is -0.135. The summed E-state index contributed by atoms with van der Waals surface area (Å²) >= 11 is 1.75. The van der Waals surface area contributed by atoms with Gasteiger partial charge in [-0.2, -0.15) is 0 Å². The molecule has 0 spiro atoms. The van der Waals surface area contributed by atoms with Crippen molar-refractivity contribution < 1.29 is 9.59 Å². The molecule has 2 aliphatic rings. The first-order valence-corrected chi connectivity index (χ1v) is 15.0. The number of nitrogens with one attached hydrogen (secondary N) is 1. The summed E-state index contributed by atoms with van der Waals surface area (Å²) in [6, 6.07) is 3.26. The highest BCUT2D eigenvalue weighted by molar-refractivity contribution is 7.10. The van der Waals surface area contributed by atoms with Crippen LogP contribution < -0.4 is 5.32 Å². The molecule has 2 amide bonds. The summed E-state index contributed by atoms with van der Waals surface area (Å²) in [4.78, 5) is 35.3. The number of carbonyl (C=O) groups is 2. The first-order chi connectivity index (χ1) is 17.7. The van der Waals surface area contributed by atoms with Gasteiger partial charge in [0.15, 0.2) is 0 Å². The van der Waals surface area contributed by atoms with E-state index in [1.165, 1.54) is 29.0 Å². The molecule has 2 aromatic rings. The van der Waals surface area contributed by atoms with Gasteiger partial charge in [-0.3, -0.25) is 9.59 Å². The van der Waals surface area contributed by atoms with E-state index in [1.54, 1.807) is 18.3 Å². The fourth-order valence-corrected chi connectivity index (χ4v) is 7.25. The second-order valence-electron chi connectivity index (χ2n) is 11.3. The number of aromatic nitrogens is 2. The van der Waals surface area contributed by atoms with E-state index < -0.39 is 0 Å². The molecule has 0 radical (unpaired) electrons. The van der Waals surface area contributed by atoms with Crippen molar-refractivity contribution in [3.05, 3.63) is 39.1 Å². The molecule has 0 bridgehead atoms. The molecule has 3 atom stereocenters. The third-order valence-electron chi connectivity index (χ3n) is 8.09. The van der Waals surface area contributed by atoms with Crippen LogP contribution in [0.5, 0.6) is 0 Å². The largest absolute Gasteiger partial charge is 0.349 e. The molecular weight excluding hydrogens is 482 g/mol. The van der Waals surface area contributed by atoms with Gasteiger partial charge in [-0.15, -0.1) is 11.3 Å². The molecule has 1 fully saturated rings. The lowest BCUT2D eigenvalue weighted by Crippen LogP contribution is -2.39. The normalized spacial score (nSPS) is 19.8. The number of rotatable bonds is 10. The molecule has 8 heteroatoms. The van der Waals surface area contributed by atoms with Crippen molar-refractivity contribution in [2.24, 2.45) is 5.92 Å². The highest BCUT2D eigenvalue weighted by Gasteiger charge is 2.32. The Kier molecular flexibility index (Phi) is 9.11. The summed E-state index contributed by atoms with van der Waals surface area (Å²) in [5.41, 5.74) is 3.68. The van der Waals surface area contributed by atoms with Gasteiger partial charge in [0.1, 0.15) is 5.82 Å². The number of thiophene rings is 1. The Labute approximate surface area is 226 Å². The Morgan fingerprint density at radius 1 is 1.24 bits per heavy atom. The summed E-state index contributed by atoms with van der Waals surface area (Å²) in [7, 11) is 0. The zero-order chi connectivity index (χ0) is 26.7. The Morgan fingerprint density at radius 3 is 2.68 bits per heavy atom. The van der Waals surface area contributed by atoms with Gasteiger partial charge in [0.25, 0.3) is 0 Å². The molecule has 4 heterocycles. The van der Waals surface area contributed by atoms with Crippen LogP contribution in [0.3, 0.4) is 0 Å². The Bertz CT molecular complexity index is 1090. The number of hydrogen-bond donors (Lipinski definition) is 1. The molecule has 0 aliphatic carbocycles. The monoisotopic (exact) mass is 527 g/mol. The van der Waals surface area contributed by atoms with Gasteiger partial charge in [-0.1, -0.05) is 20.8 Å². The maximum absolute atomic E-state index is 12.6. The predicted molar refractivity (Wildman–Crippen MR) is 150 cm³/mol. The maximum atomic E-state index is 12.6. The molecule has 204 valence electrons. The van der Waals surface area contributed by atoms with E-state index in [1.807, 2.05) is 18.7 Å². The standard InChI is InChI=1S/C29H45N5O2S/c1-7-23(34-21(5)30-26-17-33(14-11-27(26)34)29(36)19(2)3)16-24-9-8-12-32(24)13-10-25(31-22(6)35)28-15-20(4)18-37-28/h15,18-19,23-25H,7-14,16-17H2,1-6H3,(H,31,35). The zero-order valence-corrected chi connectivity index (χ0v) is 24.4. The quantitative estimate of drug-likeness (QED) is 0.463. The fourth-order valence-electron chi connectivity index (χ4n) is 6.27. The molecule has 0 saturated carbocycles. The van der Waals surface area contributed by atoms with E-state index in [-0.39, 0.29) is 23.8 Å². The first kappa shape index (κ1) is 27.8. The van der Waals surface area contributed by atoms with Crippen molar-refractivity contribution >= 4 is 23.2 Å². The predicted octanol–water partition coefficient (Wildman–Crippen LogP) is 5.18. The Morgan fingerprint density at radius 2 is 2.03 bits per heavy atom. The molecule has 37 heavy (non-hydrogen) atoms. The van der Waals surface area contributed by atoms with Gasteiger partial charge in [0.05, 0.1) is 18.3 Å². The van der Waals surface area contributed by atoms with Crippen molar-refractivity contribution in [3.8, 4) is 0 Å². The van der Waals surface area contributed by atoms with Crippen molar-refractivity contribution in [3.63, 3.8) is 0 Å². The average Bonchev–Trinajstić information content (AvgIpc) is 3.57. The lowest BCUT2D eigenvalue weighted by Gasteiger charge is -2.32. The van der Waals surface area contributed by atoms with Crippen LogP contribution in [0.1, 0.15) is 99.5 Å². The third kappa shape index (κ3) is 6.45. The van der Waals surface area contributed by atoms with E-state index in [0.717, 1.165) is 56.8 Å². The third-order valence-corrected chi connectivity index (χ3v) is 9.25. The van der Waals surface area contributed by atoms with Crippen LogP contribution in [-0.2, 0) is 22.6 Å². The van der Waals surface area contributed by atoms with Crippen LogP contribution in [0, 0.1) is 19.8 Å². The van der Waals surface area contributed by atoms with E-state index in [2.05, 4.69) is 47.0 Å².